The molecule has 1 heterocycles. The number of carboxylic acid groups (broad SMARTS) is 1. The van der Waals surface area contributed by atoms with E-state index in [4.69, 9.17) is 5.11 Å². The maximum atomic E-state index is 10.5. The monoisotopic (exact) mass is 191 g/mol. The first kappa shape index (κ1) is 9.81. The van der Waals surface area contributed by atoms with E-state index in [2.05, 4.69) is 5.32 Å². The summed E-state index contributed by atoms with van der Waals surface area (Å²) in [6.45, 7) is 1.08. The van der Waals surface area contributed by atoms with E-state index in [9.17, 15) is 4.79 Å². The summed E-state index contributed by atoms with van der Waals surface area (Å²) in [7, 11) is 0. The lowest BCUT2D eigenvalue weighted by molar-refractivity contribution is -0.138. The maximum absolute atomic E-state index is 10.5. The van der Waals surface area contributed by atoms with Gasteiger partial charge in [-0.25, -0.2) is 0 Å². The first-order valence-electron chi connectivity index (χ1n) is 4.25. The minimum atomic E-state index is -0.608. The van der Waals surface area contributed by atoms with Crippen LogP contribution in [0.25, 0.3) is 0 Å². The molecule has 0 spiro atoms. The van der Waals surface area contributed by atoms with Gasteiger partial charge in [0.2, 0.25) is 0 Å². The lowest BCUT2D eigenvalue weighted by Gasteiger charge is -2.06. The van der Waals surface area contributed by atoms with Gasteiger partial charge in [-0.1, -0.05) is 0 Å². The van der Waals surface area contributed by atoms with Crippen LogP contribution in [0.4, 0.5) is 0 Å². The van der Waals surface area contributed by atoms with E-state index >= 15 is 0 Å². The van der Waals surface area contributed by atoms with Gasteiger partial charge >= 0.3 is 5.97 Å². The van der Waals surface area contributed by atoms with Gasteiger partial charge in [0, 0.05) is 6.04 Å². The van der Waals surface area contributed by atoms with Gasteiger partial charge < -0.3 is 10.4 Å². The highest BCUT2D eigenvalue weighted by Gasteiger charge is 2.48. The van der Waals surface area contributed by atoms with Crippen molar-refractivity contribution >= 4 is 18.4 Å². The summed E-state index contributed by atoms with van der Waals surface area (Å²) in [5.41, 5.74) is 0. The smallest absolute Gasteiger partial charge is 0.306 e. The number of carboxylic acids is 1. The summed E-state index contributed by atoms with van der Waals surface area (Å²) in [5.74, 6) is -0.204. The number of halogens is 1. The van der Waals surface area contributed by atoms with E-state index in [1.54, 1.807) is 0 Å². The molecule has 1 unspecified atom stereocenters. The van der Waals surface area contributed by atoms with Crippen molar-refractivity contribution in [3.05, 3.63) is 0 Å². The van der Waals surface area contributed by atoms with Crippen molar-refractivity contribution in [2.75, 3.05) is 6.54 Å². The molecular weight excluding hydrogens is 178 g/mol. The van der Waals surface area contributed by atoms with E-state index in [-0.39, 0.29) is 18.3 Å². The Bertz CT molecular complexity index is 180. The molecule has 0 radical (unpaired) electrons. The molecule has 2 fully saturated rings. The van der Waals surface area contributed by atoms with Crippen LogP contribution in [0.5, 0.6) is 0 Å². The van der Waals surface area contributed by atoms with Crippen LogP contribution >= 0.6 is 12.4 Å². The molecule has 1 aliphatic heterocycles. The van der Waals surface area contributed by atoms with E-state index in [0.717, 1.165) is 13.0 Å². The van der Waals surface area contributed by atoms with E-state index < -0.39 is 5.97 Å². The van der Waals surface area contributed by atoms with Crippen LogP contribution in [0, 0.1) is 11.8 Å². The normalized spacial score (nSPS) is 38.8. The maximum Gasteiger partial charge on any atom is 0.306 e. The fourth-order valence-electron chi connectivity index (χ4n) is 2.02. The summed E-state index contributed by atoms with van der Waals surface area (Å²) in [6.07, 6.45) is 3.29. The average molecular weight is 192 g/mol. The van der Waals surface area contributed by atoms with Crippen molar-refractivity contribution in [1.82, 2.24) is 5.32 Å². The molecule has 0 aromatic rings. The zero-order chi connectivity index (χ0) is 7.84. The average Bonchev–Trinajstić information content (AvgIpc) is 2.60. The van der Waals surface area contributed by atoms with Gasteiger partial charge in [-0.2, -0.15) is 0 Å². The second kappa shape index (κ2) is 3.62. The van der Waals surface area contributed by atoms with Crippen molar-refractivity contribution < 1.29 is 9.90 Å². The Balaban J connectivity index is 0.000000720. The van der Waals surface area contributed by atoms with Gasteiger partial charge in [-0.15, -0.1) is 12.4 Å². The molecule has 3 nitrogen and oxygen atoms in total. The van der Waals surface area contributed by atoms with Crippen molar-refractivity contribution in [2.24, 2.45) is 11.8 Å². The fourth-order valence-corrected chi connectivity index (χ4v) is 2.02. The second-order valence-electron chi connectivity index (χ2n) is 3.55. The number of carbonyl (C=O) groups is 1. The lowest BCUT2D eigenvalue weighted by Crippen LogP contribution is -2.25. The number of hydrogen-bond acceptors (Lipinski definition) is 2. The minimum Gasteiger partial charge on any atom is -0.481 e. The molecule has 2 rings (SSSR count). The summed E-state index contributed by atoms with van der Waals surface area (Å²) in [6, 6.07) is 0.510. The Hall–Kier alpha value is -0.280. The molecule has 0 aromatic carbocycles. The Kier molecular flexibility index (Phi) is 2.96. The Morgan fingerprint density at radius 2 is 2.25 bits per heavy atom. The predicted molar refractivity (Wildman–Crippen MR) is 47.5 cm³/mol. The zero-order valence-electron chi connectivity index (χ0n) is 6.82. The quantitative estimate of drug-likeness (QED) is 0.682. The zero-order valence-corrected chi connectivity index (χ0v) is 7.64. The summed E-state index contributed by atoms with van der Waals surface area (Å²) in [5, 5.41) is 12.0. The van der Waals surface area contributed by atoms with Crippen LogP contribution in [-0.2, 0) is 4.79 Å². The third-order valence-corrected chi connectivity index (χ3v) is 2.77. The molecular formula is C8H14ClNO2. The SMILES string of the molecule is Cl.O=C(O)[C@@H]1C[C@H]1C1CCCN1. The Morgan fingerprint density at radius 1 is 1.50 bits per heavy atom. The van der Waals surface area contributed by atoms with Gasteiger partial charge in [0.1, 0.15) is 0 Å². The third kappa shape index (κ3) is 1.72. The fraction of sp³-hybridized carbons (Fsp3) is 0.875. The largest absolute Gasteiger partial charge is 0.481 e. The van der Waals surface area contributed by atoms with Crippen LogP contribution in [-0.4, -0.2) is 23.7 Å². The van der Waals surface area contributed by atoms with Crippen molar-refractivity contribution in [3.8, 4) is 0 Å². The molecule has 1 aliphatic carbocycles. The highest BCUT2D eigenvalue weighted by molar-refractivity contribution is 5.85. The van der Waals surface area contributed by atoms with E-state index in [1.165, 1.54) is 12.8 Å². The number of hydrogen-bond donors (Lipinski definition) is 2. The van der Waals surface area contributed by atoms with Gasteiger partial charge in [0.25, 0.3) is 0 Å². The number of aliphatic carboxylic acids is 1. The highest BCUT2D eigenvalue weighted by Crippen LogP contribution is 2.43. The lowest BCUT2D eigenvalue weighted by atomic mass is 10.1. The van der Waals surface area contributed by atoms with Crippen molar-refractivity contribution in [2.45, 2.75) is 25.3 Å². The minimum absolute atomic E-state index is 0. The summed E-state index contributed by atoms with van der Waals surface area (Å²) < 4.78 is 0. The Labute approximate surface area is 77.9 Å². The van der Waals surface area contributed by atoms with Gasteiger partial charge in [0.15, 0.2) is 0 Å². The molecule has 0 bridgehead atoms. The van der Waals surface area contributed by atoms with Crippen LogP contribution in [0.2, 0.25) is 0 Å². The number of nitrogens with one attached hydrogen (secondary N) is 1. The number of rotatable bonds is 2. The molecule has 2 aliphatic rings. The first-order valence-corrected chi connectivity index (χ1v) is 4.25. The standard InChI is InChI=1S/C8H13NO2.ClH/c10-8(11)6-4-5(6)7-2-1-3-9-7;/h5-7,9H,1-4H2,(H,10,11);1H/t5-,6-,7?;/m1./s1. The van der Waals surface area contributed by atoms with Crippen molar-refractivity contribution in [3.63, 3.8) is 0 Å². The second-order valence-corrected chi connectivity index (χ2v) is 3.55. The summed E-state index contributed by atoms with van der Waals surface area (Å²) in [4.78, 5) is 10.5. The van der Waals surface area contributed by atoms with Crippen LogP contribution < -0.4 is 5.32 Å². The molecule has 12 heavy (non-hydrogen) atoms. The van der Waals surface area contributed by atoms with Crippen LogP contribution in [0.1, 0.15) is 19.3 Å². The van der Waals surface area contributed by atoms with Crippen molar-refractivity contribution in [1.29, 1.82) is 0 Å². The van der Waals surface area contributed by atoms with E-state index in [0.29, 0.717) is 12.0 Å². The molecule has 4 heteroatoms. The first-order chi connectivity index (χ1) is 5.29. The van der Waals surface area contributed by atoms with Crippen LogP contribution in [0.3, 0.4) is 0 Å². The van der Waals surface area contributed by atoms with Gasteiger partial charge in [-0.05, 0) is 31.7 Å². The molecule has 1 saturated heterocycles. The topological polar surface area (TPSA) is 49.3 Å². The molecule has 3 atom stereocenters. The summed E-state index contributed by atoms with van der Waals surface area (Å²) >= 11 is 0. The molecule has 2 N–H and O–H groups in total. The highest BCUT2D eigenvalue weighted by atomic mass is 35.5. The van der Waals surface area contributed by atoms with Gasteiger partial charge in [-0.3, -0.25) is 4.79 Å². The molecule has 0 aromatic heterocycles. The molecule has 0 amide bonds. The third-order valence-electron chi connectivity index (χ3n) is 2.77. The van der Waals surface area contributed by atoms with E-state index in [1.807, 2.05) is 0 Å². The van der Waals surface area contributed by atoms with Gasteiger partial charge in [0.05, 0.1) is 5.92 Å². The predicted octanol–water partition coefficient (Wildman–Crippen LogP) is 0.881. The van der Waals surface area contributed by atoms with Crippen LogP contribution in [0.15, 0.2) is 0 Å². The molecule has 1 saturated carbocycles. The molecule has 70 valence electrons. The Morgan fingerprint density at radius 3 is 2.67 bits per heavy atom.